The Hall–Kier alpha value is -1.32. The van der Waals surface area contributed by atoms with E-state index in [1.807, 2.05) is 0 Å². The van der Waals surface area contributed by atoms with E-state index < -0.39 is 0 Å². The fourth-order valence-corrected chi connectivity index (χ4v) is 12.2. The van der Waals surface area contributed by atoms with Crippen molar-refractivity contribution in [2.24, 2.45) is 56.7 Å². The molecule has 0 aromatic heterocycles. The van der Waals surface area contributed by atoms with Crippen molar-refractivity contribution in [1.82, 2.24) is 0 Å². The maximum atomic E-state index is 11.9. The molecule has 0 radical (unpaired) electrons. The van der Waals surface area contributed by atoms with Crippen molar-refractivity contribution >= 4 is 11.9 Å². The van der Waals surface area contributed by atoms with Crippen molar-refractivity contribution in [2.75, 3.05) is 6.61 Å². The maximum Gasteiger partial charge on any atom is 0.302 e. The van der Waals surface area contributed by atoms with Crippen LogP contribution in [0.25, 0.3) is 0 Å². The molecule has 4 nitrogen and oxygen atoms in total. The molecular formula is C34H54O4. The third-order valence-corrected chi connectivity index (χ3v) is 14.0. The molecule has 38 heavy (non-hydrogen) atoms. The topological polar surface area (TPSA) is 52.6 Å². The Morgan fingerprint density at radius 1 is 0.763 bits per heavy atom. The largest absolute Gasteiger partial charge is 0.465 e. The third-order valence-electron chi connectivity index (χ3n) is 14.0. The van der Waals surface area contributed by atoms with Crippen LogP contribution >= 0.6 is 0 Å². The zero-order chi connectivity index (χ0) is 27.9. The smallest absolute Gasteiger partial charge is 0.302 e. The highest BCUT2D eigenvalue weighted by molar-refractivity contribution is 5.66. The number of rotatable bonds is 4. The zero-order valence-electron chi connectivity index (χ0n) is 25.6. The number of fused-ring (bicyclic) bond motifs is 7. The summed E-state index contributed by atoms with van der Waals surface area (Å²) in [7, 11) is 0. The molecule has 0 spiro atoms. The van der Waals surface area contributed by atoms with Gasteiger partial charge in [0.1, 0.15) is 6.10 Å². The van der Waals surface area contributed by atoms with E-state index in [-0.39, 0.29) is 39.7 Å². The van der Waals surface area contributed by atoms with Gasteiger partial charge in [-0.25, -0.2) is 0 Å². The van der Waals surface area contributed by atoms with Crippen LogP contribution < -0.4 is 0 Å². The van der Waals surface area contributed by atoms with Gasteiger partial charge in [0.05, 0.1) is 6.61 Å². The van der Waals surface area contributed by atoms with Crippen molar-refractivity contribution in [1.29, 1.82) is 0 Å². The standard InChI is InChI=1S/C34H54O4/c1-21(2)24-12-17-34(20-37-22(3)35)19-18-32(8)25(29(24)34)10-11-27-31(7)15-14-28(38-23(4)36)30(5,6)26(31)13-16-33(27,32)9/h24-29H,1,10-20H2,2-9H3/t24-,25?,26-,27+,28-,29+,31-,32+,33+,34+/m0/s1. The molecule has 5 aliphatic rings. The first kappa shape index (κ1) is 28.2. The Balaban J connectivity index is 1.49. The van der Waals surface area contributed by atoms with Gasteiger partial charge in [0.2, 0.25) is 0 Å². The van der Waals surface area contributed by atoms with Gasteiger partial charge < -0.3 is 9.47 Å². The lowest BCUT2D eigenvalue weighted by Gasteiger charge is -2.73. The number of allylic oxidation sites excluding steroid dienone is 1. The summed E-state index contributed by atoms with van der Waals surface area (Å²) in [6.45, 7) is 23.1. The summed E-state index contributed by atoms with van der Waals surface area (Å²) in [5, 5.41) is 0. The Kier molecular flexibility index (Phi) is 6.76. The van der Waals surface area contributed by atoms with Crippen LogP contribution in [0.15, 0.2) is 12.2 Å². The van der Waals surface area contributed by atoms with E-state index >= 15 is 0 Å². The molecule has 0 amide bonds. The molecule has 0 aromatic rings. The number of carbonyl (C=O) groups excluding carboxylic acids is 2. The molecular weight excluding hydrogens is 472 g/mol. The SMILES string of the molecule is C=C(C)[C@@H]1CC[C@]2(COC(C)=O)CC[C@]3(C)C(CC[C@@H]4[C@@]5(C)CC[C@H](OC(C)=O)C(C)(C)[C@@H]5CC[C@]43C)[C@@H]12. The van der Waals surface area contributed by atoms with Crippen LogP contribution in [-0.2, 0) is 19.1 Å². The van der Waals surface area contributed by atoms with E-state index in [4.69, 9.17) is 9.47 Å². The molecule has 0 bridgehead atoms. The van der Waals surface area contributed by atoms with Gasteiger partial charge in [0, 0.05) is 24.7 Å². The van der Waals surface area contributed by atoms with Crippen LogP contribution in [-0.4, -0.2) is 24.6 Å². The van der Waals surface area contributed by atoms with Gasteiger partial charge in [-0.3, -0.25) is 9.59 Å². The average molecular weight is 527 g/mol. The Labute approximate surface area is 232 Å². The minimum Gasteiger partial charge on any atom is -0.465 e. The van der Waals surface area contributed by atoms with Gasteiger partial charge >= 0.3 is 11.9 Å². The van der Waals surface area contributed by atoms with Crippen molar-refractivity contribution in [2.45, 2.75) is 126 Å². The minimum absolute atomic E-state index is 0.00000109. The monoisotopic (exact) mass is 526 g/mol. The van der Waals surface area contributed by atoms with Gasteiger partial charge in [-0.1, -0.05) is 46.8 Å². The van der Waals surface area contributed by atoms with Crippen molar-refractivity contribution in [3.8, 4) is 0 Å². The van der Waals surface area contributed by atoms with E-state index in [0.717, 1.165) is 12.8 Å². The number of ether oxygens (including phenoxy) is 2. The Bertz CT molecular complexity index is 998. The quantitative estimate of drug-likeness (QED) is 0.274. The van der Waals surface area contributed by atoms with Crippen molar-refractivity contribution in [3.05, 3.63) is 12.2 Å². The van der Waals surface area contributed by atoms with Gasteiger partial charge in [-0.15, -0.1) is 0 Å². The molecule has 10 atom stereocenters. The fraction of sp³-hybridized carbons (Fsp3) is 0.882. The van der Waals surface area contributed by atoms with Gasteiger partial charge in [-0.2, -0.15) is 0 Å². The van der Waals surface area contributed by atoms with Crippen LogP contribution in [0, 0.1) is 56.7 Å². The molecule has 5 aliphatic carbocycles. The molecule has 5 rings (SSSR count). The number of esters is 2. The van der Waals surface area contributed by atoms with Crippen molar-refractivity contribution in [3.63, 3.8) is 0 Å². The fourth-order valence-electron chi connectivity index (χ4n) is 12.2. The molecule has 214 valence electrons. The predicted molar refractivity (Wildman–Crippen MR) is 151 cm³/mol. The summed E-state index contributed by atoms with van der Waals surface area (Å²) in [4.78, 5) is 23.8. The maximum absolute atomic E-state index is 11.9. The van der Waals surface area contributed by atoms with E-state index in [1.54, 1.807) is 13.8 Å². The predicted octanol–water partition coefficient (Wildman–Crippen LogP) is 8.14. The molecule has 0 heterocycles. The molecule has 0 N–H and O–H groups in total. The summed E-state index contributed by atoms with van der Waals surface area (Å²) in [5.74, 6) is 2.76. The lowest BCUT2D eigenvalue weighted by atomic mass is 9.32. The first-order valence-corrected chi connectivity index (χ1v) is 15.6. The molecule has 1 unspecified atom stereocenters. The minimum atomic E-state index is -0.140. The van der Waals surface area contributed by atoms with E-state index in [9.17, 15) is 9.59 Å². The Morgan fingerprint density at radius 2 is 1.47 bits per heavy atom. The molecule has 0 saturated heterocycles. The van der Waals surface area contributed by atoms with Crippen LogP contribution in [0.5, 0.6) is 0 Å². The molecule has 4 heteroatoms. The summed E-state index contributed by atoms with van der Waals surface area (Å²) < 4.78 is 11.7. The zero-order valence-corrected chi connectivity index (χ0v) is 25.6. The Morgan fingerprint density at radius 3 is 2.11 bits per heavy atom. The number of hydrogen-bond donors (Lipinski definition) is 0. The lowest BCUT2D eigenvalue weighted by Crippen LogP contribution is -2.67. The van der Waals surface area contributed by atoms with Crippen molar-refractivity contribution < 1.29 is 19.1 Å². The molecule has 0 aliphatic heterocycles. The first-order valence-electron chi connectivity index (χ1n) is 15.6. The summed E-state index contributed by atoms with van der Waals surface area (Å²) in [6, 6.07) is 0. The van der Waals surface area contributed by atoms with Crippen LogP contribution in [0.2, 0.25) is 0 Å². The third kappa shape index (κ3) is 3.80. The van der Waals surface area contributed by atoms with E-state index in [0.29, 0.717) is 41.6 Å². The summed E-state index contributed by atoms with van der Waals surface area (Å²) in [6.07, 6.45) is 12.0. The second-order valence-corrected chi connectivity index (χ2v) is 15.8. The summed E-state index contributed by atoms with van der Waals surface area (Å²) in [5.41, 5.74) is 2.30. The highest BCUT2D eigenvalue weighted by atomic mass is 16.5. The lowest BCUT2D eigenvalue weighted by molar-refractivity contribution is -0.252. The molecule has 5 fully saturated rings. The normalized spacial score (nSPS) is 49.1. The number of carbonyl (C=O) groups is 2. The second-order valence-electron chi connectivity index (χ2n) is 15.8. The number of hydrogen-bond acceptors (Lipinski definition) is 4. The molecule has 0 aromatic carbocycles. The second kappa shape index (κ2) is 9.10. The summed E-state index contributed by atoms with van der Waals surface area (Å²) >= 11 is 0. The van der Waals surface area contributed by atoms with Gasteiger partial charge in [-0.05, 0) is 117 Å². The van der Waals surface area contributed by atoms with Crippen LogP contribution in [0.4, 0.5) is 0 Å². The highest BCUT2D eigenvalue weighted by Gasteiger charge is 2.71. The van der Waals surface area contributed by atoms with Gasteiger partial charge in [0.25, 0.3) is 0 Å². The average Bonchev–Trinajstić information content (AvgIpc) is 3.20. The van der Waals surface area contributed by atoms with Crippen LogP contribution in [0.1, 0.15) is 120 Å². The van der Waals surface area contributed by atoms with Gasteiger partial charge in [0.15, 0.2) is 0 Å². The van der Waals surface area contributed by atoms with E-state index in [1.165, 1.54) is 56.9 Å². The first-order chi connectivity index (χ1) is 17.6. The molecule has 5 saturated carbocycles. The van der Waals surface area contributed by atoms with Crippen LogP contribution in [0.3, 0.4) is 0 Å². The highest BCUT2D eigenvalue weighted by Crippen LogP contribution is 2.77. The van der Waals surface area contributed by atoms with E-state index in [2.05, 4.69) is 48.1 Å².